The Hall–Kier alpha value is -2.51. The smallest absolute Gasteiger partial charge is 0.299 e. The van der Waals surface area contributed by atoms with Crippen LogP contribution in [0.1, 0.15) is 31.7 Å². The number of hydrogen-bond acceptors (Lipinski definition) is 4. The van der Waals surface area contributed by atoms with Gasteiger partial charge in [0, 0.05) is 23.6 Å². The minimum absolute atomic E-state index is 0.229. The minimum atomic E-state index is -4.65. The molecule has 0 radical (unpaired) electrons. The molecule has 0 N–H and O–H groups in total. The molecule has 5 nitrogen and oxygen atoms in total. The maximum atomic E-state index is 13.1. The van der Waals surface area contributed by atoms with Crippen LogP contribution in [0.15, 0.2) is 35.9 Å². The van der Waals surface area contributed by atoms with Crippen molar-refractivity contribution in [2.24, 2.45) is 5.41 Å². The van der Waals surface area contributed by atoms with E-state index in [9.17, 15) is 32.9 Å². The first-order valence-corrected chi connectivity index (χ1v) is 7.04. The molecule has 2 rings (SSSR count). The van der Waals surface area contributed by atoms with E-state index in [2.05, 4.69) is 0 Å². The molecule has 1 aliphatic carbocycles. The number of nitrogens with zero attached hydrogens (tertiary/aromatic N) is 1. The average Bonchev–Trinajstić information content (AvgIpc) is 2.89. The normalized spacial score (nSPS) is 19.7. The Morgan fingerprint density at radius 1 is 1.17 bits per heavy atom. The fourth-order valence-electron chi connectivity index (χ4n) is 3.13. The SMILES string of the molecule is CC(=O)C1(C(C)=O)CC(C(F)(F)F)=CC1c1ccc([N+](=O)[O-])cc1. The zero-order valence-electron chi connectivity index (χ0n) is 12.9. The van der Waals surface area contributed by atoms with E-state index in [-0.39, 0.29) is 11.3 Å². The topological polar surface area (TPSA) is 77.3 Å². The summed E-state index contributed by atoms with van der Waals surface area (Å²) < 4.78 is 39.3. The zero-order valence-corrected chi connectivity index (χ0v) is 12.9. The van der Waals surface area contributed by atoms with Crippen LogP contribution in [-0.4, -0.2) is 22.7 Å². The van der Waals surface area contributed by atoms with Crippen molar-refractivity contribution in [3.63, 3.8) is 0 Å². The van der Waals surface area contributed by atoms with E-state index in [1.54, 1.807) is 0 Å². The largest absolute Gasteiger partial charge is 0.412 e. The summed E-state index contributed by atoms with van der Waals surface area (Å²) in [5.74, 6) is -2.42. The van der Waals surface area contributed by atoms with E-state index in [4.69, 9.17) is 0 Å². The van der Waals surface area contributed by atoms with Crippen molar-refractivity contribution in [1.82, 2.24) is 0 Å². The lowest BCUT2D eigenvalue weighted by Crippen LogP contribution is -2.39. The van der Waals surface area contributed by atoms with Crippen LogP contribution in [0.2, 0.25) is 0 Å². The van der Waals surface area contributed by atoms with Crippen molar-refractivity contribution in [3.8, 4) is 0 Å². The molecule has 0 saturated heterocycles. The molecule has 128 valence electrons. The second-order valence-corrected chi connectivity index (χ2v) is 5.78. The van der Waals surface area contributed by atoms with Crippen LogP contribution >= 0.6 is 0 Å². The van der Waals surface area contributed by atoms with Crippen LogP contribution in [0.25, 0.3) is 0 Å². The Morgan fingerprint density at radius 2 is 1.67 bits per heavy atom. The van der Waals surface area contributed by atoms with Crippen LogP contribution in [0.3, 0.4) is 0 Å². The number of benzene rings is 1. The molecule has 0 bridgehead atoms. The number of rotatable bonds is 4. The molecule has 24 heavy (non-hydrogen) atoms. The van der Waals surface area contributed by atoms with E-state index >= 15 is 0 Å². The highest BCUT2D eigenvalue weighted by molar-refractivity contribution is 6.07. The van der Waals surface area contributed by atoms with Crippen LogP contribution in [0.5, 0.6) is 0 Å². The van der Waals surface area contributed by atoms with Crippen molar-refractivity contribution in [2.45, 2.75) is 32.4 Å². The summed E-state index contributed by atoms with van der Waals surface area (Å²) in [6.07, 6.45) is -4.49. The van der Waals surface area contributed by atoms with Crippen LogP contribution in [0.4, 0.5) is 18.9 Å². The predicted octanol–water partition coefficient (Wildman–Crippen LogP) is 3.74. The Morgan fingerprint density at radius 3 is 2.04 bits per heavy atom. The monoisotopic (exact) mass is 341 g/mol. The van der Waals surface area contributed by atoms with Gasteiger partial charge in [-0.05, 0) is 25.8 Å². The molecule has 0 heterocycles. The van der Waals surface area contributed by atoms with Gasteiger partial charge in [0.05, 0.1) is 4.92 Å². The Labute approximate surface area is 135 Å². The number of halogens is 3. The summed E-state index contributed by atoms with van der Waals surface area (Å²) in [4.78, 5) is 34.3. The van der Waals surface area contributed by atoms with Gasteiger partial charge in [-0.15, -0.1) is 0 Å². The molecule has 1 aromatic rings. The third kappa shape index (κ3) is 2.83. The first-order chi connectivity index (χ1) is 11.0. The van der Waals surface area contributed by atoms with Crippen molar-refractivity contribution in [1.29, 1.82) is 0 Å². The van der Waals surface area contributed by atoms with Crippen molar-refractivity contribution < 1.29 is 27.7 Å². The number of Topliss-reactive ketones (excluding diaryl/α,β-unsaturated/α-hetero) is 2. The molecular formula is C16H14F3NO4. The van der Waals surface area contributed by atoms with Gasteiger partial charge in [0.1, 0.15) is 17.0 Å². The molecule has 1 aliphatic rings. The summed E-state index contributed by atoms with van der Waals surface area (Å²) in [5.41, 5.74) is -2.74. The molecule has 0 amide bonds. The van der Waals surface area contributed by atoms with Gasteiger partial charge < -0.3 is 0 Å². The highest BCUT2D eigenvalue weighted by atomic mass is 19.4. The molecule has 1 unspecified atom stereocenters. The fraction of sp³-hybridized carbons (Fsp3) is 0.375. The second-order valence-electron chi connectivity index (χ2n) is 5.78. The molecule has 0 aliphatic heterocycles. The molecule has 0 fully saturated rings. The highest BCUT2D eigenvalue weighted by Crippen LogP contribution is 2.53. The van der Waals surface area contributed by atoms with Crippen LogP contribution < -0.4 is 0 Å². The summed E-state index contributed by atoms with van der Waals surface area (Å²) in [6.45, 7) is 2.18. The van der Waals surface area contributed by atoms with Crippen LogP contribution in [-0.2, 0) is 9.59 Å². The number of allylic oxidation sites excluding steroid dienone is 2. The maximum absolute atomic E-state index is 13.1. The van der Waals surface area contributed by atoms with E-state index in [0.29, 0.717) is 0 Å². The van der Waals surface area contributed by atoms with Crippen molar-refractivity contribution in [2.75, 3.05) is 0 Å². The summed E-state index contributed by atoms with van der Waals surface area (Å²) in [7, 11) is 0. The first kappa shape index (κ1) is 17.8. The number of hydrogen-bond donors (Lipinski definition) is 0. The lowest BCUT2D eigenvalue weighted by Gasteiger charge is -2.31. The lowest BCUT2D eigenvalue weighted by atomic mass is 9.68. The summed E-state index contributed by atoms with van der Waals surface area (Å²) in [6, 6.07) is 4.83. The van der Waals surface area contributed by atoms with Crippen LogP contribution in [0, 0.1) is 15.5 Å². The predicted molar refractivity (Wildman–Crippen MR) is 78.4 cm³/mol. The van der Waals surface area contributed by atoms with E-state index in [1.165, 1.54) is 12.1 Å². The highest BCUT2D eigenvalue weighted by Gasteiger charge is 2.55. The Bertz CT molecular complexity index is 721. The minimum Gasteiger partial charge on any atom is -0.299 e. The van der Waals surface area contributed by atoms with Gasteiger partial charge in [-0.3, -0.25) is 19.7 Å². The van der Waals surface area contributed by atoms with E-state index in [1.807, 2.05) is 0 Å². The number of nitro groups is 1. The maximum Gasteiger partial charge on any atom is 0.412 e. The lowest BCUT2D eigenvalue weighted by molar-refractivity contribution is -0.384. The average molecular weight is 341 g/mol. The number of nitro benzene ring substituents is 1. The van der Waals surface area contributed by atoms with Gasteiger partial charge in [0.2, 0.25) is 0 Å². The molecule has 8 heteroatoms. The van der Waals surface area contributed by atoms with Gasteiger partial charge >= 0.3 is 6.18 Å². The van der Waals surface area contributed by atoms with Gasteiger partial charge in [0.15, 0.2) is 0 Å². The quantitative estimate of drug-likeness (QED) is 0.362. The second kappa shape index (κ2) is 5.85. The number of non-ortho nitro benzene ring substituents is 1. The molecule has 0 saturated carbocycles. The third-order valence-corrected chi connectivity index (χ3v) is 4.45. The van der Waals surface area contributed by atoms with E-state index in [0.717, 1.165) is 32.1 Å². The summed E-state index contributed by atoms with van der Waals surface area (Å²) >= 11 is 0. The standard InChI is InChI=1S/C16H14F3NO4/c1-9(21)15(10(2)22)8-12(16(17,18)19)7-14(15)11-3-5-13(6-4-11)20(23)24/h3-7,14H,8H2,1-2H3. The zero-order chi connectivity index (χ0) is 18.3. The molecule has 0 spiro atoms. The van der Waals surface area contributed by atoms with E-state index < -0.39 is 46.0 Å². The fourth-order valence-corrected chi connectivity index (χ4v) is 3.13. The van der Waals surface area contributed by atoms with Gasteiger partial charge in [-0.2, -0.15) is 13.2 Å². The Kier molecular flexibility index (Phi) is 4.34. The van der Waals surface area contributed by atoms with Gasteiger partial charge in [-0.1, -0.05) is 18.2 Å². The molecule has 0 aromatic heterocycles. The molecule has 1 atom stereocenters. The summed E-state index contributed by atoms with van der Waals surface area (Å²) in [5, 5.41) is 10.7. The van der Waals surface area contributed by atoms with Crippen molar-refractivity contribution in [3.05, 3.63) is 51.6 Å². The third-order valence-electron chi connectivity index (χ3n) is 4.45. The van der Waals surface area contributed by atoms with Gasteiger partial charge in [-0.25, -0.2) is 0 Å². The molecular weight excluding hydrogens is 327 g/mol. The Balaban J connectivity index is 2.59. The van der Waals surface area contributed by atoms with Crippen molar-refractivity contribution >= 4 is 17.3 Å². The first-order valence-electron chi connectivity index (χ1n) is 7.04. The number of carbonyl (C=O) groups is 2. The number of alkyl halides is 3. The number of ketones is 2. The number of carbonyl (C=O) groups excluding carboxylic acids is 2. The van der Waals surface area contributed by atoms with Gasteiger partial charge in [0.25, 0.3) is 5.69 Å². The molecule has 1 aromatic carbocycles.